The van der Waals surface area contributed by atoms with Crippen molar-refractivity contribution < 1.29 is 0 Å². The molecular formula is C28H27ClN6O. The maximum Gasteiger partial charge on any atom is 0.298 e. The van der Waals surface area contributed by atoms with Crippen LogP contribution in [0.25, 0.3) is 16.9 Å². The second kappa shape index (κ2) is 9.87. The largest absolute Gasteiger partial charge is 0.399 e. The minimum absolute atomic E-state index is 0.0397. The molecule has 36 heavy (non-hydrogen) atoms. The summed E-state index contributed by atoms with van der Waals surface area (Å²) in [6, 6.07) is 22.9. The fraction of sp³-hybridized carbons (Fsp3) is 0.179. The van der Waals surface area contributed by atoms with Crippen molar-refractivity contribution in [2.24, 2.45) is 5.73 Å². The number of anilines is 2. The molecule has 0 amide bonds. The van der Waals surface area contributed by atoms with E-state index in [0.29, 0.717) is 34.6 Å². The molecule has 0 aliphatic heterocycles. The zero-order valence-electron chi connectivity index (χ0n) is 19.7. The minimum Gasteiger partial charge on any atom is -0.399 e. The van der Waals surface area contributed by atoms with Crippen LogP contribution in [0.1, 0.15) is 36.0 Å². The van der Waals surface area contributed by atoms with Gasteiger partial charge in [0.15, 0.2) is 11.0 Å². The molecule has 0 bridgehead atoms. The molecule has 7 nitrogen and oxygen atoms in total. The summed E-state index contributed by atoms with van der Waals surface area (Å²) in [5.74, 6) is 0.292. The van der Waals surface area contributed by atoms with Crippen LogP contribution >= 0.6 is 11.6 Å². The molecule has 4 aromatic rings. The van der Waals surface area contributed by atoms with Gasteiger partial charge in [-0.1, -0.05) is 60.1 Å². The summed E-state index contributed by atoms with van der Waals surface area (Å²) in [5, 5.41) is 11.1. The molecular weight excluding hydrogens is 472 g/mol. The smallest absolute Gasteiger partial charge is 0.298 e. The van der Waals surface area contributed by atoms with Gasteiger partial charge in [-0.25, -0.2) is 4.98 Å². The Labute approximate surface area is 214 Å². The minimum atomic E-state index is -0.258. The Morgan fingerprint density at radius 2 is 1.81 bits per heavy atom. The molecule has 182 valence electrons. The van der Waals surface area contributed by atoms with E-state index in [-0.39, 0.29) is 28.4 Å². The van der Waals surface area contributed by atoms with Crippen LogP contribution in [-0.2, 0) is 6.42 Å². The molecule has 8 heteroatoms. The Bertz CT molecular complexity index is 1490. The Morgan fingerprint density at radius 3 is 2.47 bits per heavy atom. The van der Waals surface area contributed by atoms with Gasteiger partial charge in [0.05, 0.1) is 5.69 Å². The van der Waals surface area contributed by atoms with E-state index in [4.69, 9.17) is 28.5 Å². The van der Waals surface area contributed by atoms with E-state index in [1.807, 2.05) is 60.7 Å². The molecule has 1 aromatic heterocycles. The van der Waals surface area contributed by atoms with Crippen LogP contribution in [0.4, 0.5) is 11.5 Å². The molecule has 0 atom stereocenters. The third-order valence-corrected chi connectivity index (χ3v) is 6.75. The first-order valence-corrected chi connectivity index (χ1v) is 12.2. The average molecular weight is 499 g/mol. The first kappa shape index (κ1) is 23.6. The highest BCUT2D eigenvalue weighted by Gasteiger charge is 2.23. The van der Waals surface area contributed by atoms with Crippen molar-refractivity contribution in [3.63, 3.8) is 0 Å². The van der Waals surface area contributed by atoms with E-state index in [1.54, 1.807) is 16.7 Å². The van der Waals surface area contributed by atoms with Crippen LogP contribution in [0.5, 0.6) is 0 Å². The summed E-state index contributed by atoms with van der Waals surface area (Å²) in [5.41, 5.74) is 16.6. The van der Waals surface area contributed by atoms with Crippen LogP contribution in [0.2, 0.25) is 5.15 Å². The number of amidine groups is 1. The molecule has 1 heterocycles. The van der Waals surface area contributed by atoms with E-state index < -0.39 is 0 Å². The number of nitrogens with zero attached hydrogens (tertiary/aromatic N) is 2. The Morgan fingerprint density at radius 1 is 1.06 bits per heavy atom. The molecule has 5 rings (SSSR count). The van der Waals surface area contributed by atoms with Crippen molar-refractivity contribution in [1.29, 1.82) is 5.41 Å². The first-order valence-electron chi connectivity index (χ1n) is 11.9. The standard InChI is InChI=1S/C28H27ClN6O/c29-25-24(20-5-2-6-21(30)16-20)35(28(36)27(34-25)33-22-7-3-8-22)23-9-1-4-18(15-23)14-17-10-12-19(13-11-17)26(31)32/h1-2,4-6,9-13,15-16,22H,3,7-8,14,30H2,(H3,31,32)(H,33,34). The van der Waals surface area contributed by atoms with Crippen molar-refractivity contribution in [3.8, 4) is 16.9 Å². The van der Waals surface area contributed by atoms with Gasteiger partial charge >= 0.3 is 0 Å². The normalized spacial score (nSPS) is 13.2. The predicted molar refractivity (Wildman–Crippen MR) is 146 cm³/mol. The van der Waals surface area contributed by atoms with Gasteiger partial charge in [-0.2, -0.15) is 0 Å². The summed E-state index contributed by atoms with van der Waals surface area (Å²) >= 11 is 6.72. The molecule has 3 aromatic carbocycles. The first-order chi connectivity index (χ1) is 17.4. The molecule has 1 saturated carbocycles. The molecule has 1 aliphatic rings. The Hall–Kier alpha value is -4.10. The van der Waals surface area contributed by atoms with Gasteiger partial charge in [0.25, 0.3) is 5.56 Å². The molecule has 0 spiro atoms. The van der Waals surface area contributed by atoms with Crippen LogP contribution in [0.15, 0.2) is 77.6 Å². The highest BCUT2D eigenvalue weighted by Crippen LogP contribution is 2.31. The van der Waals surface area contributed by atoms with Gasteiger partial charge < -0.3 is 16.8 Å². The molecule has 0 radical (unpaired) electrons. The number of hydrogen-bond acceptors (Lipinski definition) is 5. The lowest BCUT2D eigenvalue weighted by Crippen LogP contribution is -2.33. The number of rotatable bonds is 7. The van der Waals surface area contributed by atoms with E-state index in [2.05, 4.69) is 10.3 Å². The predicted octanol–water partition coefficient (Wildman–Crippen LogP) is 4.97. The number of nitrogen functional groups attached to an aromatic ring is 2. The fourth-order valence-corrected chi connectivity index (χ4v) is 4.64. The number of aromatic nitrogens is 2. The number of hydrogen-bond donors (Lipinski definition) is 4. The lowest BCUT2D eigenvalue weighted by atomic mass is 9.93. The van der Waals surface area contributed by atoms with Gasteiger partial charge in [0.2, 0.25) is 0 Å². The van der Waals surface area contributed by atoms with Gasteiger partial charge in [0.1, 0.15) is 5.84 Å². The second-order valence-corrected chi connectivity index (χ2v) is 9.45. The lowest BCUT2D eigenvalue weighted by Gasteiger charge is -2.27. The summed E-state index contributed by atoms with van der Waals surface area (Å²) in [6.45, 7) is 0. The summed E-state index contributed by atoms with van der Waals surface area (Å²) < 4.78 is 1.62. The fourth-order valence-electron chi connectivity index (χ4n) is 4.36. The number of benzene rings is 3. The topological polar surface area (TPSA) is 123 Å². The Kier molecular flexibility index (Phi) is 6.48. The molecule has 1 fully saturated rings. The highest BCUT2D eigenvalue weighted by molar-refractivity contribution is 6.32. The highest BCUT2D eigenvalue weighted by atomic mass is 35.5. The molecule has 0 saturated heterocycles. The number of nitrogens with one attached hydrogen (secondary N) is 2. The van der Waals surface area contributed by atoms with Crippen molar-refractivity contribution in [1.82, 2.24) is 9.55 Å². The van der Waals surface area contributed by atoms with Crippen molar-refractivity contribution in [2.75, 3.05) is 11.1 Å². The summed E-state index contributed by atoms with van der Waals surface area (Å²) in [7, 11) is 0. The summed E-state index contributed by atoms with van der Waals surface area (Å²) in [4.78, 5) is 18.2. The van der Waals surface area contributed by atoms with Crippen LogP contribution in [0.3, 0.4) is 0 Å². The maximum atomic E-state index is 13.8. The maximum absolute atomic E-state index is 13.8. The molecule has 1 aliphatic carbocycles. The second-order valence-electron chi connectivity index (χ2n) is 9.10. The van der Waals surface area contributed by atoms with Crippen LogP contribution in [0, 0.1) is 5.41 Å². The SMILES string of the molecule is N=C(N)c1ccc(Cc2cccc(-n3c(-c4cccc(N)c4)c(Cl)nc(NC4CCC4)c3=O)c2)cc1. The third kappa shape index (κ3) is 4.83. The quantitative estimate of drug-likeness (QED) is 0.163. The van der Waals surface area contributed by atoms with E-state index in [0.717, 1.165) is 30.4 Å². The van der Waals surface area contributed by atoms with Crippen molar-refractivity contribution in [3.05, 3.63) is 105 Å². The number of halogens is 1. The van der Waals surface area contributed by atoms with Gasteiger partial charge in [0, 0.05) is 28.5 Å². The van der Waals surface area contributed by atoms with Crippen LogP contribution < -0.4 is 22.3 Å². The number of nitrogens with two attached hydrogens (primary N) is 2. The van der Waals surface area contributed by atoms with E-state index in [9.17, 15) is 4.79 Å². The monoisotopic (exact) mass is 498 g/mol. The van der Waals surface area contributed by atoms with E-state index in [1.165, 1.54) is 0 Å². The van der Waals surface area contributed by atoms with Gasteiger partial charge in [-0.3, -0.25) is 14.8 Å². The zero-order valence-corrected chi connectivity index (χ0v) is 20.4. The lowest BCUT2D eigenvalue weighted by molar-refractivity contribution is 0.444. The molecule has 0 unspecified atom stereocenters. The van der Waals surface area contributed by atoms with Gasteiger partial charge in [-0.15, -0.1) is 0 Å². The average Bonchev–Trinajstić information content (AvgIpc) is 2.83. The van der Waals surface area contributed by atoms with Gasteiger partial charge in [-0.05, 0) is 61.1 Å². The van der Waals surface area contributed by atoms with Crippen molar-refractivity contribution in [2.45, 2.75) is 31.7 Å². The zero-order chi connectivity index (χ0) is 25.2. The van der Waals surface area contributed by atoms with E-state index >= 15 is 0 Å². The third-order valence-electron chi connectivity index (χ3n) is 6.48. The Balaban J connectivity index is 1.60. The summed E-state index contributed by atoms with van der Waals surface area (Å²) in [6.07, 6.45) is 3.80. The van der Waals surface area contributed by atoms with Crippen molar-refractivity contribution >= 4 is 28.9 Å². The van der Waals surface area contributed by atoms with Crippen LogP contribution in [-0.4, -0.2) is 21.4 Å². The molecule has 6 N–H and O–H groups in total.